The Morgan fingerprint density at radius 3 is 2.71 bits per heavy atom. The maximum atomic E-state index is 12.2. The zero-order valence-corrected chi connectivity index (χ0v) is 14.2. The lowest BCUT2D eigenvalue weighted by molar-refractivity contribution is 0.0276. The number of hydrogen-bond donors (Lipinski definition) is 1. The molecule has 0 saturated heterocycles. The molecule has 3 aromatic rings. The molecule has 122 valence electrons. The van der Waals surface area contributed by atoms with Crippen LogP contribution in [0.2, 0.25) is 0 Å². The summed E-state index contributed by atoms with van der Waals surface area (Å²) in [6.07, 6.45) is -0.749. The van der Waals surface area contributed by atoms with E-state index in [-0.39, 0.29) is 17.2 Å². The van der Waals surface area contributed by atoms with Crippen LogP contribution in [0.25, 0.3) is 11.5 Å². The largest absolute Gasteiger partial charge is 0.507 e. The fourth-order valence-electron chi connectivity index (χ4n) is 2.04. The smallest absolute Gasteiger partial charge is 0.342 e. The Morgan fingerprint density at radius 2 is 1.96 bits per heavy atom. The van der Waals surface area contributed by atoms with Crippen molar-refractivity contribution in [1.82, 2.24) is 10.2 Å². The molecule has 3 rings (SSSR count). The number of halogens is 1. The topological polar surface area (TPSA) is 85.5 Å². The van der Waals surface area contributed by atoms with E-state index in [1.165, 1.54) is 12.1 Å². The van der Waals surface area contributed by atoms with Gasteiger partial charge >= 0.3 is 5.97 Å². The number of benzene rings is 2. The first kappa shape index (κ1) is 16.2. The first-order valence-corrected chi connectivity index (χ1v) is 7.92. The maximum absolute atomic E-state index is 12.2. The van der Waals surface area contributed by atoms with Crippen molar-refractivity contribution >= 4 is 21.9 Å². The van der Waals surface area contributed by atoms with Gasteiger partial charge in [0.05, 0.1) is 0 Å². The summed E-state index contributed by atoms with van der Waals surface area (Å²) in [6.45, 7) is 1.62. The van der Waals surface area contributed by atoms with Gasteiger partial charge in [-0.2, -0.15) is 0 Å². The van der Waals surface area contributed by atoms with Crippen molar-refractivity contribution in [2.75, 3.05) is 0 Å². The highest BCUT2D eigenvalue weighted by Gasteiger charge is 2.21. The van der Waals surface area contributed by atoms with Gasteiger partial charge in [0, 0.05) is 10.0 Å². The predicted molar refractivity (Wildman–Crippen MR) is 89.4 cm³/mol. The van der Waals surface area contributed by atoms with Crippen LogP contribution in [0.5, 0.6) is 5.75 Å². The van der Waals surface area contributed by atoms with Crippen LogP contribution in [-0.4, -0.2) is 21.3 Å². The van der Waals surface area contributed by atoms with E-state index in [1.54, 1.807) is 13.0 Å². The first-order chi connectivity index (χ1) is 11.5. The van der Waals surface area contributed by atoms with Crippen molar-refractivity contribution in [3.63, 3.8) is 0 Å². The van der Waals surface area contributed by atoms with Crippen molar-refractivity contribution in [2.45, 2.75) is 13.0 Å². The van der Waals surface area contributed by atoms with E-state index < -0.39 is 12.1 Å². The van der Waals surface area contributed by atoms with Gasteiger partial charge in [-0.05, 0) is 37.3 Å². The van der Waals surface area contributed by atoms with E-state index >= 15 is 0 Å². The molecule has 1 atom stereocenters. The second-order valence-corrected chi connectivity index (χ2v) is 5.94. The molecule has 7 heteroatoms. The Hall–Kier alpha value is -2.67. The van der Waals surface area contributed by atoms with Crippen molar-refractivity contribution in [1.29, 1.82) is 0 Å². The van der Waals surface area contributed by atoms with E-state index in [9.17, 15) is 9.90 Å². The Labute approximate surface area is 146 Å². The summed E-state index contributed by atoms with van der Waals surface area (Å²) in [7, 11) is 0. The van der Waals surface area contributed by atoms with E-state index in [2.05, 4.69) is 26.1 Å². The molecule has 0 bridgehead atoms. The fraction of sp³-hybridized carbons (Fsp3) is 0.118. The first-order valence-electron chi connectivity index (χ1n) is 7.13. The molecule has 0 unspecified atom stereocenters. The normalized spacial score (nSPS) is 11.9. The van der Waals surface area contributed by atoms with Crippen LogP contribution < -0.4 is 0 Å². The third-order valence-corrected chi connectivity index (χ3v) is 3.76. The number of hydrogen-bond acceptors (Lipinski definition) is 6. The molecule has 0 spiro atoms. The van der Waals surface area contributed by atoms with Crippen LogP contribution in [0.15, 0.2) is 57.4 Å². The summed E-state index contributed by atoms with van der Waals surface area (Å²) in [5.41, 5.74) is 0.832. The lowest BCUT2D eigenvalue weighted by Crippen LogP contribution is -2.10. The molecule has 24 heavy (non-hydrogen) atoms. The number of phenols is 1. The van der Waals surface area contributed by atoms with E-state index in [0.29, 0.717) is 10.4 Å². The van der Waals surface area contributed by atoms with Crippen LogP contribution in [0, 0.1) is 0 Å². The number of ether oxygens (including phenoxy) is 1. The summed E-state index contributed by atoms with van der Waals surface area (Å²) in [5, 5.41) is 17.6. The average molecular weight is 389 g/mol. The summed E-state index contributed by atoms with van der Waals surface area (Å²) in [5.74, 6) is -0.317. The molecule has 0 amide bonds. The molecule has 2 aromatic carbocycles. The van der Waals surface area contributed by atoms with E-state index in [4.69, 9.17) is 9.15 Å². The number of aromatic hydroxyl groups is 1. The van der Waals surface area contributed by atoms with Crippen molar-refractivity contribution in [3.05, 3.63) is 64.5 Å². The monoisotopic (exact) mass is 388 g/mol. The van der Waals surface area contributed by atoms with Crippen LogP contribution in [-0.2, 0) is 4.74 Å². The second-order valence-electron chi connectivity index (χ2n) is 5.02. The molecule has 0 aliphatic heterocycles. The molecule has 0 fully saturated rings. The number of phenolic OH excluding ortho intramolecular Hbond substituents is 1. The lowest BCUT2D eigenvalue weighted by Gasteiger charge is -2.10. The van der Waals surface area contributed by atoms with Crippen LogP contribution in [0.3, 0.4) is 0 Å². The summed E-state index contributed by atoms with van der Waals surface area (Å²) >= 11 is 3.25. The number of esters is 1. The zero-order valence-electron chi connectivity index (χ0n) is 12.6. The third kappa shape index (κ3) is 3.46. The van der Waals surface area contributed by atoms with E-state index in [1.807, 2.05) is 30.3 Å². The third-order valence-electron chi connectivity index (χ3n) is 3.27. The number of aromatic nitrogens is 2. The van der Waals surface area contributed by atoms with Gasteiger partial charge in [0.2, 0.25) is 5.89 Å². The average Bonchev–Trinajstić information content (AvgIpc) is 3.08. The van der Waals surface area contributed by atoms with Gasteiger partial charge in [0.1, 0.15) is 11.3 Å². The predicted octanol–water partition coefficient (Wildman–Crippen LogP) is 4.12. The molecule has 1 N–H and O–H groups in total. The van der Waals surface area contributed by atoms with Gasteiger partial charge in [-0.1, -0.05) is 34.1 Å². The molecule has 1 aromatic heterocycles. The number of nitrogens with zero attached hydrogens (tertiary/aromatic N) is 2. The summed E-state index contributed by atoms with van der Waals surface area (Å²) < 4.78 is 11.5. The van der Waals surface area contributed by atoms with Crippen LogP contribution >= 0.6 is 15.9 Å². The SMILES string of the molecule is C[C@H](OC(=O)c1cc(Br)ccc1O)c1nnc(-c2ccccc2)o1. The highest BCUT2D eigenvalue weighted by Crippen LogP contribution is 2.26. The molecule has 0 aliphatic carbocycles. The number of rotatable bonds is 4. The van der Waals surface area contributed by atoms with Crippen molar-refractivity contribution < 1.29 is 19.1 Å². The van der Waals surface area contributed by atoms with Gasteiger partial charge < -0.3 is 14.3 Å². The minimum atomic E-state index is -0.749. The highest BCUT2D eigenvalue weighted by atomic mass is 79.9. The Kier molecular flexibility index (Phi) is 4.61. The van der Waals surface area contributed by atoms with Gasteiger partial charge in [0.25, 0.3) is 5.89 Å². The fourth-order valence-corrected chi connectivity index (χ4v) is 2.40. The van der Waals surface area contributed by atoms with Gasteiger partial charge in [-0.15, -0.1) is 10.2 Å². The molecule has 0 aliphatic rings. The van der Waals surface area contributed by atoms with Gasteiger partial charge in [0.15, 0.2) is 6.10 Å². The Morgan fingerprint density at radius 1 is 1.21 bits per heavy atom. The van der Waals surface area contributed by atoms with E-state index in [0.717, 1.165) is 5.56 Å². The highest BCUT2D eigenvalue weighted by molar-refractivity contribution is 9.10. The molecular weight excluding hydrogens is 376 g/mol. The zero-order chi connectivity index (χ0) is 17.1. The standard InChI is InChI=1S/C17H13BrN2O4/c1-10(23-17(22)13-9-12(18)7-8-14(13)21)15-19-20-16(24-15)11-5-3-2-4-6-11/h2-10,21H,1H3/t10-/m0/s1. The maximum Gasteiger partial charge on any atom is 0.342 e. The van der Waals surface area contributed by atoms with Crippen LogP contribution in [0.4, 0.5) is 0 Å². The minimum Gasteiger partial charge on any atom is -0.507 e. The van der Waals surface area contributed by atoms with Crippen molar-refractivity contribution in [3.8, 4) is 17.2 Å². The molecule has 6 nitrogen and oxygen atoms in total. The summed E-state index contributed by atoms with van der Waals surface area (Å²) in [4.78, 5) is 12.2. The number of carbonyl (C=O) groups is 1. The van der Waals surface area contributed by atoms with Gasteiger partial charge in [-0.25, -0.2) is 4.79 Å². The van der Waals surface area contributed by atoms with Crippen molar-refractivity contribution in [2.24, 2.45) is 0 Å². The summed E-state index contributed by atoms with van der Waals surface area (Å²) in [6, 6.07) is 13.8. The Bertz CT molecular complexity index is 864. The number of carbonyl (C=O) groups excluding carboxylic acids is 1. The minimum absolute atomic E-state index is 0.0547. The Balaban J connectivity index is 1.75. The quantitative estimate of drug-likeness (QED) is 0.676. The van der Waals surface area contributed by atoms with Gasteiger partial charge in [-0.3, -0.25) is 0 Å². The van der Waals surface area contributed by atoms with Crippen LogP contribution in [0.1, 0.15) is 29.3 Å². The second kappa shape index (κ2) is 6.84. The molecule has 0 radical (unpaired) electrons. The lowest BCUT2D eigenvalue weighted by atomic mass is 10.2. The molecule has 1 heterocycles. The molecule has 0 saturated carbocycles. The molecular formula is C17H13BrN2O4.